The predicted molar refractivity (Wildman–Crippen MR) is 84.3 cm³/mol. The molecule has 2 N–H and O–H groups in total. The molecule has 0 saturated heterocycles. The van der Waals surface area contributed by atoms with Crippen molar-refractivity contribution in [3.8, 4) is 0 Å². The lowest BCUT2D eigenvalue weighted by molar-refractivity contribution is 0.593. The minimum absolute atomic E-state index is 0.133. The second-order valence-corrected chi connectivity index (χ2v) is 8.02. The smallest absolute Gasteiger partial charge is 0.183 e. The molecule has 1 aliphatic carbocycles. The molecule has 0 spiro atoms. The van der Waals surface area contributed by atoms with Crippen LogP contribution in [0.3, 0.4) is 0 Å². The van der Waals surface area contributed by atoms with Gasteiger partial charge in [-0.1, -0.05) is 41.4 Å². The van der Waals surface area contributed by atoms with Crippen molar-refractivity contribution in [1.29, 1.82) is 0 Å². The summed E-state index contributed by atoms with van der Waals surface area (Å²) in [5.41, 5.74) is 8.15. The fraction of sp³-hybridized carbons (Fsp3) is 0.250. The topological polar surface area (TPSA) is 60.2 Å². The molecule has 0 heterocycles. The highest BCUT2D eigenvalue weighted by Gasteiger charge is 2.57. The van der Waals surface area contributed by atoms with E-state index in [2.05, 4.69) is 0 Å². The minimum atomic E-state index is -3.42. The van der Waals surface area contributed by atoms with E-state index in [9.17, 15) is 8.42 Å². The maximum absolute atomic E-state index is 12.6. The van der Waals surface area contributed by atoms with Gasteiger partial charge in [0.05, 0.1) is 10.1 Å². The van der Waals surface area contributed by atoms with Crippen LogP contribution in [0, 0.1) is 6.92 Å². The Morgan fingerprint density at radius 1 is 1.00 bits per heavy atom. The number of benzene rings is 2. The van der Waals surface area contributed by atoms with Crippen molar-refractivity contribution < 1.29 is 8.42 Å². The van der Waals surface area contributed by atoms with Crippen molar-refractivity contribution in [1.82, 2.24) is 0 Å². The lowest BCUT2D eigenvalue weighted by Crippen LogP contribution is -2.15. The molecule has 0 aromatic heterocycles. The van der Waals surface area contributed by atoms with Gasteiger partial charge in [-0.3, -0.25) is 0 Å². The van der Waals surface area contributed by atoms with Crippen molar-refractivity contribution in [2.24, 2.45) is 5.73 Å². The van der Waals surface area contributed by atoms with E-state index in [1.807, 2.05) is 31.2 Å². The quantitative estimate of drug-likeness (QED) is 0.945. The monoisotopic (exact) mass is 321 g/mol. The van der Waals surface area contributed by atoms with E-state index in [4.69, 9.17) is 17.3 Å². The fourth-order valence-corrected chi connectivity index (χ4v) is 4.86. The van der Waals surface area contributed by atoms with Crippen LogP contribution in [0.4, 0.5) is 0 Å². The average Bonchev–Trinajstić information content (AvgIpc) is 3.12. The summed E-state index contributed by atoms with van der Waals surface area (Å²) in [6.07, 6.45) is 0. The van der Waals surface area contributed by atoms with Crippen LogP contribution in [-0.2, 0) is 9.84 Å². The Bertz CT molecular complexity index is 754. The van der Waals surface area contributed by atoms with Gasteiger partial charge in [-0.2, -0.15) is 0 Å². The zero-order valence-corrected chi connectivity index (χ0v) is 13.1. The Kier molecular flexibility index (Phi) is 3.56. The third-order valence-corrected chi connectivity index (χ3v) is 6.48. The Hall–Kier alpha value is -1.36. The second-order valence-electron chi connectivity index (χ2n) is 5.48. The summed E-state index contributed by atoms with van der Waals surface area (Å²) in [5, 5.41) is -0.0366. The molecule has 1 fully saturated rings. The highest BCUT2D eigenvalue weighted by atomic mass is 35.5. The molecular formula is C16H16ClNO2S. The summed E-state index contributed by atoms with van der Waals surface area (Å²) in [7, 11) is -3.42. The van der Waals surface area contributed by atoms with Crippen LogP contribution in [0.2, 0.25) is 5.02 Å². The Labute approximate surface area is 129 Å². The van der Waals surface area contributed by atoms with Gasteiger partial charge >= 0.3 is 0 Å². The van der Waals surface area contributed by atoms with Gasteiger partial charge in [0.15, 0.2) is 9.84 Å². The molecule has 3 nitrogen and oxygen atoms in total. The standard InChI is InChI=1S/C16H16ClNO2S/c1-10-2-4-11(5-3-10)14-15(18)16(14)21(19,20)13-8-6-12(17)7-9-13/h2-9,14-16H,18H2,1H3/t14-,15+,16+/m1/s1. The van der Waals surface area contributed by atoms with E-state index >= 15 is 0 Å². The number of aryl methyl sites for hydroxylation is 1. The van der Waals surface area contributed by atoms with E-state index < -0.39 is 15.1 Å². The molecule has 3 atom stereocenters. The van der Waals surface area contributed by atoms with Crippen LogP contribution in [0.15, 0.2) is 53.4 Å². The van der Waals surface area contributed by atoms with Gasteiger partial charge in [0.1, 0.15) is 0 Å². The molecule has 0 unspecified atom stereocenters. The maximum Gasteiger partial charge on any atom is 0.183 e. The number of nitrogens with two attached hydrogens (primary N) is 1. The van der Waals surface area contributed by atoms with Crippen LogP contribution >= 0.6 is 11.6 Å². The maximum atomic E-state index is 12.6. The first-order valence-corrected chi connectivity index (χ1v) is 8.65. The average molecular weight is 322 g/mol. The van der Waals surface area contributed by atoms with Crippen LogP contribution in [-0.4, -0.2) is 19.7 Å². The van der Waals surface area contributed by atoms with Crippen molar-refractivity contribution in [2.75, 3.05) is 0 Å². The predicted octanol–water partition coefficient (Wildman–Crippen LogP) is 2.92. The minimum Gasteiger partial charge on any atom is -0.326 e. The largest absolute Gasteiger partial charge is 0.326 e. The van der Waals surface area contributed by atoms with E-state index in [1.165, 1.54) is 12.1 Å². The summed E-state index contributed by atoms with van der Waals surface area (Å²) >= 11 is 5.81. The number of hydrogen-bond acceptors (Lipinski definition) is 3. The zero-order valence-electron chi connectivity index (χ0n) is 11.5. The van der Waals surface area contributed by atoms with Crippen LogP contribution in [0.5, 0.6) is 0 Å². The van der Waals surface area contributed by atoms with Gasteiger partial charge in [0, 0.05) is 17.0 Å². The third-order valence-electron chi connectivity index (χ3n) is 3.97. The molecule has 110 valence electrons. The van der Waals surface area contributed by atoms with Gasteiger partial charge in [0.2, 0.25) is 0 Å². The zero-order chi connectivity index (χ0) is 15.2. The number of halogens is 1. The molecule has 0 bridgehead atoms. The molecule has 0 radical (unpaired) electrons. The van der Waals surface area contributed by atoms with Crippen molar-refractivity contribution >= 4 is 21.4 Å². The van der Waals surface area contributed by atoms with E-state index in [0.717, 1.165) is 11.1 Å². The molecule has 1 aliphatic rings. The Morgan fingerprint density at radius 3 is 2.14 bits per heavy atom. The molecule has 21 heavy (non-hydrogen) atoms. The van der Waals surface area contributed by atoms with Crippen molar-refractivity contribution in [3.05, 3.63) is 64.7 Å². The fourth-order valence-electron chi connectivity index (χ4n) is 2.69. The third kappa shape index (κ3) is 2.59. The molecular weight excluding hydrogens is 306 g/mol. The highest BCUT2D eigenvalue weighted by Crippen LogP contribution is 2.47. The molecule has 3 rings (SSSR count). The van der Waals surface area contributed by atoms with Crippen molar-refractivity contribution in [3.63, 3.8) is 0 Å². The lowest BCUT2D eigenvalue weighted by Gasteiger charge is -2.04. The first-order chi connectivity index (χ1) is 9.91. The van der Waals surface area contributed by atoms with E-state index in [1.54, 1.807) is 12.1 Å². The highest BCUT2D eigenvalue weighted by molar-refractivity contribution is 7.92. The first-order valence-electron chi connectivity index (χ1n) is 6.73. The van der Waals surface area contributed by atoms with Gasteiger partial charge in [-0.05, 0) is 36.8 Å². The number of rotatable bonds is 3. The molecule has 2 aromatic carbocycles. The van der Waals surface area contributed by atoms with Crippen molar-refractivity contribution in [2.45, 2.75) is 29.0 Å². The summed E-state index contributed by atoms with van der Waals surface area (Å²) < 4.78 is 25.3. The molecule has 2 aromatic rings. The second kappa shape index (κ2) is 5.13. The summed E-state index contributed by atoms with van der Waals surface area (Å²) in [5.74, 6) is -0.133. The van der Waals surface area contributed by atoms with Crippen LogP contribution < -0.4 is 5.73 Å². The normalized spacial score (nSPS) is 24.8. The Balaban J connectivity index is 1.91. The molecule has 0 amide bonds. The molecule has 5 heteroatoms. The number of sulfone groups is 1. The van der Waals surface area contributed by atoms with E-state index in [0.29, 0.717) is 5.02 Å². The Morgan fingerprint density at radius 2 is 1.57 bits per heavy atom. The summed E-state index contributed by atoms with van der Waals surface area (Å²) in [4.78, 5) is 0.280. The number of hydrogen-bond donors (Lipinski definition) is 1. The lowest BCUT2D eigenvalue weighted by atomic mass is 10.1. The van der Waals surface area contributed by atoms with Gasteiger partial charge in [-0.25, -0.2) is 8.42 Å². The summed E-state index contributed by atoms with van der Waals surface area (Å²) in [6, 6.07) is 13.8. The molecule has 1 saturated carbocycles. The van der Waals surface area contributed by atoms with E-state index in [-0.39, 0.29) is 16.9 Å². The molecule has 0 aliphatic heterocycles. The van der Waals surface area contributed by atoms with Crippen LogP contribution in [0.25, 0.3) is 0 Å². The van der Waals surface area contributed by atoms with Gasteiger partial charge in [-0.15, -0.1) is 0 Å². The summed E-state index contributed by atoms with van der Waals surface area (Å²) in [6.45, 7) is 2.00. The van der Waals surface area contributed by atoms with Gasteiger partial charge < -0.3 is 5.73 Å². The van der Waals surface area contributed by atoms with Gasteiger partial charge in [0.25, 0.3) is 0 Å². The van der Waals surface area contributed by atoms with Crippen LogP contribution in [0.1, 0.15) is 17.0 Å². The first kappa shape index (κ1) is 14.6. The SMILES string of the molecule is Cc1ccc([C@@H]2[C@H](N)[C@H]2S(=O)(=O)c2ccc(Cl)cc2)cc1.